The SMILES string of the molecule is C=C(C)COC(=O)CNC(=O)c1ccc(Cl)c([N+](=O)[O-])c1. The zero-order chi connectivity index (χ0) is 16.0. The van der Waals surface area contributed by atoms with E-state index in [1.807, 2.05) is 0 Å². The molecular formula is C13H13ClN2O5. The number of nitrogens with zero attached hydrogens (tertiary/aromatic N) is 1. The van der Waals surface area contributed by atoms with Crippen molar-refractivity contribution < 1.29 is 19.2 Å². The van der Waals surface area contributed by atoms with E-state index in [1.54, 1.807) is 6.92 Å². The van der Waals surface area contributed by atoms with E-state index in [0.717, 1.165) is 6.07 Å². The monoisotopic (exact) mass is 312 g/mol. The number of amides is 1. The molecule has 21 heavy (non-hydrogen) atoms. The number of hydrogen-bond acceptors (Lipinski definition) is 5. The second-order valence-corrected chi connectivity index (χ2v) is 4.63. The topological polar surface area (TPSA) is 98.5 Å². The highest BCUT2D eigenvalue weighted by Crippen LogP contribution is 2.24. The van der Waals surface area contributed by atoms with Gasteiger partial charge in [0.25, 0.3) is 11.6 Å². The average Bonchev–Trinajstić information content (AvgIpc) is 2.42. The van der Waals surface area contributed by atoms with Crippen molar-refractivity contribution in [2.75, 3.05) is 13.2 Å². The number of benzene rings is 1. The van der Waals surface area contributed by atoms with Crippen molar-refractivity contribution in [3.63, 3.8) is 0 Å². The third kappa shape index (κ3) is 5.23. The van der Waals surface area contributed by atoms with E-state index >= 15 is 0 Å². The Bertz CT molecular complexity index is 600. The molecule has 7 nitrogen and oxygen atoms in total. The summed E-state index contributed by atoms with van der Waals surface area (Å²) >= 11 is 5.64. The molecule has 0 bridgehead atoms. The lowest BCUT2D eigenvalue weighted by atomic mass is 10.2. The Morgan fingerprint density at radius 1 is 1.48 bits per heavy atom. The highest BCUT2D eigenvalue weighted by Gasteiger charge is 2.16. The number of carbonyl (C=O) groups is 2. The Morgan fingerprint density at radius 3 is 2.71 bits per heavy atom. The van der Waals surface area contributed by atoms with Gasteiger partial charge in [0.15, 0.2) is 0 Å². The summed E-state index contributed by atoms with van der Waals surface area (Å²) in [5.41, 5.74) is 0.316. The van der Waals surface area contributed by atoms with Crippen molar-refractivity contribution in [1.29, 1.82) is 0 Å². The van der Waals surface area contributed by atoms with Crippen molar-refractivity contribution in [3.05, 3.63) is 51.1 Å². The smallest absolute Gasteiger partial charge is 0.325 e. The van der Waals surface area contributed by atoms with E-state index in [4.69, 9.17) is 16.3 Å². The van der Waals surface area contributed by atoms with Gasteiger partial charge in [0.05, 0.1) is 4.92 Å². The fourth-order valence-electron chi connectivity index (χ4n) is 1.30. The molecule has 0 aromatic heterocycles. The van der Waals surface area contributed by atoms with Crippen molar-refractivity contribution in [3.8, 4) is 0 Å². The molecule has 0 saturated heterocycles. The molecule has 1 rings (SSSR count). The van der Waals surface area contributed by atoms with Crippen LogP contribution < -0.4 is 5.32 Å². The summed E-state index contributed by atoms with van der Waals surface area (Å²) in [5, 5.41) is 12.9. The van der Waals surface area contributed by atoms with Gasteiger partial charge in [-0.05, 0) is 24.6 Å². The highest BCUT2D eigenvalue weighted by molar-refractivity contribution is 6.32. The van der Waals surface area contributed by atoms with Gasteiger partial charge in [-0.2, -0.15) is 0 Å². The zero-order valence-electron chi connectivity index (χ0n) is 11.2. The lowest BCUT2D eigenvalue weighted by Gasteiger charge is -2.06. The van der Waals surface area contributed by atoms with Gasteiger partial charge < -0.3 is 10.1 Å². The minimum atomic E-state index is -0.694. The van der Waals surface area contributed by atoms with E-state index < -0.39 is 16.8 Å². The predicted molar refractivity (Wildman–Crippen MR) is 76.2 cm³/mol. The number of esters is 1. The maximum absolute atomic E-state index is 11.8. The van der Waals surface area contributed by atoms with Crippen molar-refractivity contribution >= 4 is 29.2 Å². The molecule has 0 aliphatic heterocycles. The highest BCUT2D eigenvalue weighted by atomic mass is 35.5. The Kier molecular flexibility index (Phi) is 5.86. The first-order valence-electron chi connectivity index (χ1n) is 5.83. The first-order chi connectivity index (χ1) is 9.81. The number of nitrogens with one attached hydrogen (secondary N) is 1. The maximum Gasteiger partial charge on any atom is 0.325 e. The minimum Gasteiger partial charge on any atom is -0.460 e. The zero-order valence-corrected chi connectivity index (χ0v) is 12.0. The molecule has 8 heteroatoms. The standard InChI is InChI=1S/C13H13ClN2O5/c1-8(2)7-21-12(17)6-15-13(18)9-3-4-10(14)11(5-9)16(19)20/h3-5H,1,6-7H2,2H3,(H,15,18). The van der Waals surface area contributed by atoms with Crippen LogP contribution in [-0.2, 0) is 9.53 Å². The second-order valence-electron chi connectivity index (χ2n) is 4.22. The molecule has 0 aliphatic rings. The van der Waals surface area contributed by atoms with Gasteiger partial charge in [0.2, 0.25) is 0 Å². The van der Waals surface area contributed by atoms with E-state index in [0.29, 0.717) is 5.57 Å². The Balaban J connectivity index is 2.64. The summed E-state index contributed by atoms with van der Waals surface area (Å²) in [5.74, 6) is -1.27. The number of halogens is 1. The van der Waals surface area contributed by atoms with Crippen LogP contribution in [0.5, 0.6) is 0 Å². The average molecular weight is 313 g/mol. The first-order valence-corrected chi connectivity index (χ1v) is 6.21. The van der Waals surface area contributed by atoms with Crippen LogP contribution >= 0.6 is 11.6 Å². The van der Waals surface area contributed by atoms with Gasteiger partial charge in [-0.15, -0.1) is 0 Å². The summed E-state index contributed by atoms with van der Waals surface area (Å²) < 4.78 is 4.79. The van der Waals surface area contributed by atoms with Crippen LogP contribution in [0.2, 0.25) is 5.02 Å². The van der Waals surface area contributed by atoms with E-state index in [1.165, 1.54) is 12.1 Å². The van der Waals surface area contributed by atoms with Crippen LogP contribution in [0.1, 0.15) is 17.3 Å². The molecule has 0 atom stereocenters. The molecule has 1 aromatic rings. The minimum absolute atomic E-state index is 0.0267. The molecule has 1 N–H and O–H groups in total. The fraction of sp³-hybridized carbons (Fsp3) is 0.231. The number of hydrogen-bond donors (Lipinski definition) is 1. The third-order valence-corrected chi connectivity index (χ3v) is 2.60. The molecule has 0 heterocycles. The second kappa shape index (κ2) is 7.39. The van der Waals surface area contributed by atoms with Crippen LogP contribution in [0, 0.1) is 10.1 Å². The van der Waals surface area contributed by atoms with Crippen LogP contribution in [0.15, 0.2) is 30.4 Å². The fourth-order valence-corrected chi connectivity index (χ4v) is 1.49. The largest absolute Gasteiger partial charge is 0.460 e. The molecule has 1 amide bonds. The van der Waals surface area contributed by atoms with E-state index in [-0.39, 0.29) is 29.4 Å². The predicted octanol–water partition coefficient (Wildman–Crippen LogP) is 2.10. The van der Waals surface area contributed by atoms with Crippen molar-refractivity contribution in [2.24, 2.45) is 0 Å². The number of nitro groups is 1. The number of nitro benzene ring substituents is 1. The van der Waals surface area contributed by atoms with Crippen LogP contribution in [0.25, 0.3) is 0 Å². The molecule has 0 radical (unpaired) electrons. The van der Waals surface area contributed by atoms with Crippen LogP contribution in [0.3, 0.4) is 0 Å². The number of ether oxygens (including phenoxy) is 1. The molecule has 0 aliphatic carbocycles. The summed E-state index contributed by atoms with van der Waals surface area (Å²) in [7, 11) is 0. The molecule has 0 spiro atoms. The lowest BCUT2D eigenvalue weighted by molar-refractivity contribution is -0.384. The summed E-state index contributed by atoms with van der Waals surface area (Å²) in [6.07, 6.45) is 0. The maximum atomic E-state index is 11.8. The summed E-state index contributed by atoms with van der Waals surface area (Å²) in [6.45, 7) is 4.98. The van der Waals surface area contributed by atoms with Gasteiger partial charge in [-0.25, -0.2) is 0 Å². The normalized spacial score (nSPS) is 9.81. The van der Waals surface area contributed by atoms with Crippen molar-refractivity contribution in [2.45, 2.75) is 6.92 Å². The van der Waals surface area contributed by atoms with Crippen LogP contribution in [-0.4, -0.2) is 30.0 Å². The van der Waals surface area contributed by atoms with Gasteiger partial charge >= 0.3 is 5.97 Å². The first kappa shape index (κ1) is 16.6. The van der Waals surface area contributed by atoms with Gasteiger partial charge in [-0.3, -0.25) is 19.7 Å². The van der Waals surface area contributed by atoms with Gasteiger partial charge in [0.1, 0.15) is 18.2 Å². The summed E-state index contributed by atoms with van der Waals surface area (Å²) in [6, 6.07) is 3.61. The summed E-state index contributed by atoms with van der Waals surface area (Å²) in [4.78, 5) is 33.1. The van der Waals surface area contributed by atoms with Gasteiger partial charge in [-0.1, -0.05) is 18.2 Å². The molecule has 0 fully saturated rings. The molecule has 1 aromatic carbocycles. The van der Waals surface area contributed by atoms with Crippen LogP contribution in [0.4, 0.5) is 5.69 Å². The Labute approximate surface area is 125 Å². The Morgan fingerprint density at radius 2 is 2.14 bits per heavy atom. The van der Waals surface area contributed by atoms with E-state index in [2.05, 4.69) is 11.9 Å². The number of carbonyl (C=O) groups excluding carboxylic acids is 2. The molecular weight excluding hydrogens is 300 g/mol. The van der Waals surface area contributed by atoms with Crippen molar-refractivity contribution in [1.82, 2.24) is 5.32 Å². The molecule has 112 valence electrons. The third-order valence-electron chi connectivity index (χ3n) is 2.28. The quantitative estimate of drug-likeness (QED) is 0.375. The lowest BCUT2D eigenvalue weighted by Crippen LogP contribution is -2.30. The Hall–Kier alpha value is -2.41. The number of rotatable bonds is 6. The molecule has 0 unspecified atom stereocenters. The van der Waals surface area contributed by atoms with Gasteiger partial charge in [0, 0.05) is 11.6 Å². The van der Waals surface area contributed by atoms with E-state index in [9.17, 15) is 19.7 Å². The molecule has 0 saturated carbocycles.